The lowest BCUT2D eigenvalue weighted by molar-refractivity contribution is -0.107. The lowest BCUT2D eigenvalue weighted by Gasteiger charge is -2.47. The van der Waals surface area contributed by atoms with E-state index in [4.69, 9.17) is 4.74 Å². The van der Waals surface area contributed by atoms with Crippen LogP contribution in [0.25, 0.3) is 0 Å². The average molecular weight is 305 g/mol. The highest BCUT2D eigenvalue weighted by atomic mass is 16.5. The molecule has 1 aliphatic carbocycles. The van der Waals surface area contributed by atoms with Crippen molar-refractivity contribution in [2.24, 2.45) is 11.3 Å². The molecule has 124 valence electrons. The fourth-order valence-corrected chi connectivity index (χ4v) is 3.95. The zero-order chi connectivity index (χ0) is 16.4. The largest absolute Gasteiger partial charge is 0.497 e. The number of hydrogen-bond donors (Lipinski definition) is 1. The highest BCUT2D eigenvalue weighted by Crippen LogP contribution is 2.52. The number of hydrogen-bond acceptors (Lipinski definition) is 3. The van der Waals surface area contributed by atoms with Gasteiger partial charge in [0.15, 0.2) is 0 Å². The van der Waals surface area contributed by atoms with Crippen LogP contribution in [0.15, 0.2) is 24.3 Å². The summed E-state index contributed by atoms with van der Waals surface area (Å²) in [7, 11) is 5.91. The fraction of sp³-hybridized carbons (Fsp3) is 0.684. The van der Waals surface area contributed by atoms with E-state index in [1.54, 1.807) is 7.11 Å². The molecule has 0 radical (unpaired) electrons. The first-order chi connectivity index (χ1) is 10.3. The fourth-order valence-electron chi connectivity index (χ4n) is 3.95. The van der Waals surface area contributed by atoms with Gasteiger partial charge in [-0.1, -0.05) is 38.8 Å². The van der Waals surface area contributed by atoms with Crippen molar-refractivity contribution in [3.8, 4) is 5.75 Å². The normalized spacial score (nSPS) is 28.4. The Morgan fingerprint density at radius 1 is 1.27 bits per heavy atom. The minimum atomic E-state index is -0.807. The topological polar surface area (TPSA) is 32.7 Å². The van der Waals surface area contributed by atoms with E-state index in [-0.39, 0.29) is 5.41 Å². The Balaban J connectivity index is 2.43. The predicted octanol–water partition coefficient (Wildman–Crippen LogP) is 3.66. The molecule has 1 aromatic rings. The quantitative estimate of drug-likeness (QED) is 0.862. The SMILES string of the molecule is COc1cccc([C@]2(O)CCCC[C@@H](CN(C)C)C2(C)C)c1. The summed E-state index contributed by atoms with van der Waals surface area (Å²) >= 11 is 0. The molecule has 22 heavy (non-hydrogen) atoms. The third-order valence-corrected chi connectivity index (χ3v) is 5.56. The van der Waals surface area contributed by atoms with Crippen molar-refractivity contribution in [1.82, 2.24) is 4.90 Å². The van der Waals surface area contributed by atoms with Gasteiger partial charge in [0.05, 0.1) is 12.7 Å². The molecule has 0 aromatic heterocycles. The Morgan fingerprint density at radius 2 is 2.00 bits per heavy atom. The summed E-state index contributed by atoms with van der Waals surface area (Å²) in [6, 6.07) is 7.96. The van der Waals surface area contributed by atoms with Crippen molar-refractivity contribution in [1.29, 1.82) is 0 Å². The average Bonchev–Trinajstić information content (AvgIpc) is 2.59. The maximum atomic E-state index is 11.7. The van der Waals surface area contributed by atoms with Gasteiger partial charge in [0.25, 0.3) is 0 Å². The van der Waals surface area contributed by atoms with Crippen molar-refractivity contribution < 1.29 is 9.84 Å². The monoisotopic (exact) mass is 305 g/mol. The zero-order valence-electron chi connectivity index (χ0n) is 14.7. The summed E-state index contributed by atoms with van der Waals surface area (Å²) in [6.07, 6.45) is 4.25. The summed E-state index contributed by atoms with van der Waals surface area (Å²) in [6.45, 7) is 5.47. The van der Waals surface area contributed by atoms with E-state index in [9.17, 15) is 5.11 Å². The van der Waals surface area contributed by atoms with Gasteiger partial charge in [0, 0.05) is 12.0 Å². The molecule has 0 amide bonds. The van der Waals surface area contributed by atoms with Crippen molar-refractivity contribution >= 4 is 0 Å². The van der Waals surface area contributed by atoms with Gasteiger partial charge in [0.1, 0.15) is 5.75 Å². The van der Waals surface area contributed by atoms with Crippen LogP contribution < -0.4 is 4.74 Å². The molecule has 0 spiro atoms. The second kappa shape index (κ2) is 6.59. The minimum absolute atomic E-state index is 0.180. The van der Waals surface area contributed by atoms with Gasteiger partial charge < -0.3 is 14.7 Å². The van der Waals surface area contributed by atoms with E-state index in [0.717, 1.165) is 30.7 Å². The van der Waals surface area contributed by atoms with Crippen molar-refractivity contribution in [2.75, 3.05) is 27.7 Å². The molecule has 1 N–H and O–H groups in total. The molecule has 1 saturated carbocycles. The van der Waals surface area contributed by atoms with Crippen LogP contribution in [-0.2, 0) is 5.60 Å². The Hall–Kier alpha value is -1.06. The standard InChI is InChI=1S/C19H31NO2/c1-18(2)16(14-20(3)4)9-6-7-12-19(18,21)15-10-8-11-17(13-15)22-5/h8,10-11,13,16,21H,6-7,9,12,14H2,1-5H3/t16-,19+/m0/s1. The Labute approximate surface area is 135 Å². The lowest BCUT2D eigenvalue weighted by Crippen LogP contribution is -2.48. The molecule has 0 saturated heterocycles. The molecule has 1 aliphatic rings. The molecule has 0 aliphatic heterocycles. The lowest BCUT2D eigenvalue weighted by atomic mass is 9.62. The zero-order valence-corrected chi connectivity index (χ0v) is 14.7. The molecule has 2 atom stereocenters. The number of nitrogens with zero attached hydrogens (tertiary/aromatic N) is 1. The van der Waals surface area contributed by atoms with Gasteiger partial charge in [-0.05, 0) is 50.6 Å². The number of aliphatic hydroxyl groups is 1. The van der Waals surface area contributed by atoms with Gasteiger partial charge >= 0.3 is 0 Å². The van der Waals surface area contributed by atoms with E-state index in [0.29, 0.717) is 5.92 Å². The number of methoxy groups -OCH3 is 1. The maximum absolute atomic E-state index is 11.7. The van der Waals surface area contributed by atoms with Crippen LogP contribution in [-0.4, -0.2) is 37.8 Å². The Bertz CT molecular complexity index is 498. The maximum Gasteiger partial charge on any atom is 0.119 e. The van der Waals surface area contributed by atoms with E-state index >= 15 is 0 Å². The second-order valence-electron chi connectivity index (χ2n) is 7.52. The first-order valence-corrected chi connectivity index (χ1v) is 8.33. The van der Waals surface area contributed by atoms with Crippen molar-refractivity contribution in [3.05, 3.63) is 29.8 Å². The number of benzene rings is 1. The third-order valence-electron chi connectivity index (χ3n) is 5.56. The Morgan fingerprint density at radius 3 is 2.64 bits per heavy atom. The van der Waals surface area contributed by atoms with Gasteiger partial charge in [0.2, 0.25) is 0 Å². The van der Waals surface area contributed by atoms with Gasteiger partial charge in [-0.2, -0.15) is 0 Å². The van der Waals surface area contributed by atoms with Gasteiger partial charge in [-0.3, -0.25) is 0 Å². The first-order valence-electron chi connectivity index (χ1n) is 8.33. The summed E-state index contributed by atoms with van der Waals surface area (Å²) in [4.78, 5) is 2.24. The summed E-state index contributed by atoms with van der Waals surface area (Å²) < 4.78 is 5.36. The Kier molecular flexibility index (Phi) is 5.18. The molecule has 3 heteroatoms. The van der Waals surface area contributed by atoms with E-state index in [1.165, 1.54) is 12.8 Å². The first kappa shape index (κ1) is 17.3. The molecule has 1 aromatic carbocycles. The van der Waals surface area contributed by atoms with Gasteiger partial charge in [-0.25, -0.2) is 0 Å². The highest BCUT2D eigenvalue weighted by Gasteiger charge is 2.50. The summed E-state index contributed by atoms with van der Waals surface area (Å²) in [5.74, 6) is 1.29. The third kappa shape index (κ3) is 3.16. The van der Waals surface area contributed by atoms with Crippen LogP contribution in [0.4, 0.5) is 0 Å². The molecular weight excluding hydrogens is 274 g/mol. The van der Waals surface area contributed by atoms with Crippen LogP contribution in [0.3, 0.4) is 0 Å². The smallest absolute Gasteiger partial charge is 0.119 e. The van der Waals surface area contributed by atoms with E-state index < -0.39 is 5.60 Å². The molecule has 0 unspecified atom stereocenters. The van der Waals surface area contributed by atoms with Crippen LogP contribution >= 0.6 is 0 Å². The molecule has 0 heterocycles. The van der Waals surface area contributed by atoms with Crippen molar-refractivity contribution in [2.45, 2.75) is 45.1 Å². The summed E-state index contributed by atoms with van der Waals surface area (Å²) in [5.41, 5.74) is 0.00118. The van der Waals surface area contributed by atoms with Crippen molar-refractivity contribution in [3.63, 3.8) is 0 Å². The number of ether oxygens (including phenoxy) is 1. The minimum Gasteiger partial charge on any atom is -0.497 e. The molecular formula is C19H31NO2. The number of rotatable bonds is 4. The van der Waals surface area contributed by atoms with E-state index in [2.05, 4.69) is 32.8 Å². The van der Waals surface area contributed by atoms with Crippen LogP contribution in [0.1, 0.15) is 45.1 Å². The molecule has 0 bridgehead atoms. The van der Waals surface area contributed by atoms with E-state index in [1.807, 2.05) is 24.3 Å². The van der Waals surface area contributed by atoms with Crippen LogP contribution in [0.5, 0.6) is 5.75 Å². The van der Waals surface area contributed by atoms with Gasteiger partial charge in [-0.15, -0.1) is 0 Å². The molecule has 1 fully saturated rings. The second-order valence-corrected chi connectivity index (χ2v) is 7.52. The van der Waals surface area contributed by atoms with Crippen LogP contribution in [0, 0.1) is 11.3 Å². The predicted molar refractivity (Wildman–Crippen MR) is 91.2 cm³/mol. The highest BCUT2D eigenvalue weighted by molar-refractivity contribution is 5.34. The van der Waals surface area contributed by atoms with Crippen LogP contribution in [0.2, 0.25) is 0 Å². The molecule has 2 rings (SSSR count). The summed E-state index contributed by atoms with van der Waals surface area (Å²) in [5, 5.41) is 11.7. The molecule has 3 nitrogen and oxygen atoms in total.